The molecule has 1 aliphatic rings. The third kappa shape index (κ3) is 4.14. The fourth-order valence-electron chi connectivity index (χ4n) is 2.45. The van der Waals surface area contributed by atoms with Gasteiger partial charge in [0.05, 0.1) is 0 Å². The molecule has 2 rings (SSSR count). The molecule has 6 nitrogen and oxygen atoms in total. The van der Waals surface area contributed by atoms with Crippen molar-refractivity contribution in [3.05, 3.63) is 24.3 Å². The first-order valence-corrected chi connectivity index (χ1v) is 7.46. The van der Waals surface area contributed by atoms with Gasteiger partial charge in [-0.25, -0.2) is 4.79 Å². The zero-order valence-electron chi connectivity index (χ0n) is 13.3. The van der Waals surface area contributed by atoms with E-state index in [1.807, 2.05) is 32.9 Å². The molecule has 22 heavy (non-hydrogen) atoms. The Balaban J connectivity index is 2.00. The molecule has 2 N–H and O–H groups in total. The maximum atomic E-state index is 12.0. The van der Waals surface area contributed by atoms with Crippen LogP contribution in [0.2, 0.25) is 0 Å². The summed E-state index contributed by atoms with van der Waals surface area (Å²) >= 11 is 0. The molecule has 0 bridgehead atoms. The Morgan fingerprint density at radius 1 is 1.14 bits per heavy atom. The molecule has 0 saturated carbocycles. The summed E-state index contributed by atoms with van der Waals surface area (Å²) in [7, 11) is -1.50. The molecule has 7 heteroatoms. The minimum Gasteiger partial charge on any atom is -0.444 e. The molecular weight excluding hydrogens is 283 g/mol. The lowest BCUT2D eigenvalue weighted by Gasteiger charge is -2.37. The normalized spacial score (nSPS) is 15.7. The van der Waals surface area contributed by atoms with Gasteiger partial charge in [-0.15, -0.1) is 0 Å². The summed E-state index contributed by atoms with van der Waals surface area (Å²) in [6, 6.07) is 7.19. The molecule has 0 aliphatic carbocycles. The number of hydrogen-bond acceptors (Lipinski definition) is 5. The van der Waals surface area contributed by atoms with Crippen LogP contribution in [0.4, 0.5) is 10.5 Å². The smallest absolute Gasteiger partial charge is 0.444 e. The van der Waals surface area contributed by atoms with Crippen molar-refractivity contribution in [3.8, 4) is 0 Å². The second kappa shape index (κ2) is 6.58. The van der Waals surface area contributed by atoms with Crippen molar-refractivity contribution in [2.24, 2.45) is 0 Å². The molecule has 1 aliphatic heterocycles. The molecule has 1 fully saturated rings. The van der Waals surface area contributed by atoms with Crippen molar-refractivity contribution in [2.75, 3.05) is 31.1 Å². The fourth-order valence-corrected chi connectivity index (χ4v) is 2.45. The maximum Gasteiger partial charge on any atom is 0.490 e. The largest absolute Gasteiger partial charge is 0.490 e. The number of hydrogen-bond donors (Lipinski definition) is 2. The third-order valence-electron chi connectivity index (χ3n) is 3.49. The van der Waals surface area contributed by atoms with Crippen LogP contribution in [-0.2, 0) is 4.74 Å². The molecule has 1 aromatic rings. The van der Waals surface area contributed by atoms with E-state index in [1.165, 1.54) is 0 Å². The van der Waals surface area contributed by atoms with Gasteiger partial charge in [-0.2, -0.15) is 0 Å². The molecular formula is C15H23BN2O4. The Hall–Kier alpha value is -1.73. The van der Waals surface area contributed by atoms with E-state index in [9.17, 15) is 14.8 Å². The van der Waals surface area contributed by atoms with E-state index in [0.717, 1.165) is 5.69 Å². The quantitative estimate of drug-likeness (QED) is 0.775. The molecule has 0 unspecified atom stereocenters. The summed E-state index contributed by atoms with van der Waals surface area (Å²) < 4.78 is 5.37. The molecule has 1 aromatic carbocycles. The van der Waals surface area contributed by atoms with Crippen molar-refractivity contribution in [2.45, 2.75) is 26.4 Å². The van der Waals surface area contributed by atoms with Crippen LogP contribution < -0.4 is 10.4 Å². The Kier molecular flexibility index (Phi) is 4.98. The zero-order chi connectivity index (χ0) is 16.3. The van der Waals surface area contributed by atoms with Crippen LogP contribution in [-0.4, -0.2) is 59.9 Å². The predicted molar refractivity (Wildman–Crippen MR) is 86.3 cm³/mol. The lowest BCUT2D eigenvalue weighted by atomic mass is 9.78. The highest BCUT2D eigenvalue weighted by atomic mass is 16.6. The third-order valence-corrected chi connectivity index (χ3v) is 3.49. The van der Waals surface area contributed by atoms with Crippen molar-refractivity contribution < 1.29 is 19.6 Å². The van der Waals surface area contributed by atoms with Gasteiger partial charge < -0.3 is 24.6 Å². The molecule has 1 amide bonds. The highest BCUT2D eigenvalue weighted by Crippen LogP contribution is 2.16. The first kappa shape index (κ1) is 16.6. The number of piperazine rings is 1. The number of nitrogens with zero attached hydrogens (tertiary/aromatic N) is 2. The van der Waals surface area contributed by atoms with E-state index >= 15 is 0 Å². The summed E-state index contributed by atoms with van der Waals surface area (Å²) in [5.74, 6) is 0. The van der Waals surface area contributed by atoms with E-state index in [1.54, 1.807) is 17.0 Å². The Morgan fingerprint density at radius 3 is 2.27 bits per heavy atom. The second-order valence-electron chi connectivity index (χ2n) is 6.39. The van der Waals surface area contributed by atoms with Crippen LogP contribution >= 0.6 is 0 Å². The summed E-state index contributed by atoms with van der Waals surface area (Å²) in [4.78, 5) is 15.8. The van der Waals surface area contributed by atoms with Crippen LogP contribution in [0.5, 0.6) is 0 Å². The molecule has 0 atom stereocenters. The SMILES string of the molecule is CC(C)(C)OC(=O)N1CCN(c2ccccc2B(O)O)CC1. The second-order valence-corrected chi connectivity index (χ2v) is 6.39. The topological polar surface area (TPSA) is 73.2 Å². The van der Waals surface area contributed by atoms with E-state index in [-0.39, 0.29) is 6.09 Å². The zero-order valence-corrected chi connectivity index (χ0v) is 13.3. The average molecular weight is 306 g/mol. The Morgan fingerprint density at radius 2 is 1.73 bits per heavy atom. The minimum atomic E-state index is -1.50. The highest BCUT2D eigenvalue weighted by Gasteiger charge is 2.27. The van der Waals surface area contributed by atoms with Crippen molar-refractivity contribution in [3.63, 3.8) is 0 Å². The van der Waals surface area contributed by atoms with Crippen molar-refractivity contribution >= 4 is 24.4 Å². The first-order chi connectivity index (χ1) is 10.3. The molecule has 0 aromatic heterocycles. The average Bonchev–Trinajstić information content (AvgIpc) is 2.45. The molecule has 120 valence electrons. The van der Waals surface area contributed by atoms with Gasteiger partial charge in [0.1, 0.15) is 5.60 Å². The number of carbonyl (C=O) groups excluding carboxylic acids is 1. The first-order valence-electron chi connectivity index (χ1n) is 7.46. The van der Waals surface area contributed by atoms with Gasteiger partial charge in [0, 0.05) is 37.3 Å². The van der Waals surface area contributed by atoms with Crippen LogP contribution in [0.15, 0.2) is 24.3 Å². The number of benzene rings is 1. The molecule has 0 radical (unpaired) electrons. The van der Waals surface area contributed by atoms with Gasteiger partial charge in [-0.05, 0) is 26.8 Å². The predicted octanol–water partition coefficient (Wildman–Crippen LogP) is 0.424. The van der Waals surface area contributed by atoms with Crippen LogP contribution in [0.25, 0.3) is 0 Å². The van der Waals surface area contributed by atoms with E-state index in [0.29, 0.717) is 31.6 Å². The van der Waals surface area contributed by atoms with Gasteiger partial charge in [-0.3, -0.25) is 0 Å². The Bertz CT molecular complexity index is 523. The summed E-state index contributed by atoms with van der Waals surface area (Å²) in [6.45, 7) is 7.89. The standard InChI is InChI=1S/C15H23BN2O4/c1-15(2,3)22-14(19)18-10-8-17(9-11-18)13-7-5-4-6-12(13)16(20)21/h4-7,20-21H,8-11H2,1-3H3. The molecule has 0 spiro atoms. The summed E-state index contributed by atoms with van der Waals surface area (Å²) in [6.07, 6.45) is -0.303. The van der Waals surface area contributed by atoms with E-state index < -0.39 is 12.7 Å². The number of para-hydroxylation sites is 1. The molecule has 1 heterocycles. The Labute approximate surface area is 131 Å². The van der Waals surface area contributed by atoms with Crippen molar-refractivity contribution in [1.29, 1.82) is 0 Å². The minimum absolute atomic E-state index is 0.303. The molecule has 1 saturated heterocycles. The van der Waals surface area contributed by atoms with Crippen LogP contribution in [0, 0.1) is 0 Å². The van der Waals surface area contributed by atoms with Crippen LogP contribution in [0.3, 0.4) is 0 Å². The number of amides is 1. The number of ether oxygens (including phenoxy) is 1. The monoisotopic (exact) mass is 306 g/mol. The van der Waals surface area contributed by atoms with Gasteiger partial charge >= 0.3 is 13.2 Å². The number of carbonyl (C=O) groups is 1. The van der Waals surface area contributed by atoms with Crippen molar-refractivity contribution in [1.82, 2.24) is 4.90 Å². The lowest BCUT2D eigenvalue weighted by molar-refractivity contribution is 0.0240. The summed E-state index contributed by atoms with van der Waals surface area (Å²) in [5.41, 5.74) is 0.775. The van der Waals surface area contributed by atoms with Crippen LogP contribution in [0.1, 0.15) is 20.8 Å². The number of rotatable bonds is 2. The van der Waals surface area contributed by atoms with Gasteiger partial charge in [-0.1, -0.05) is 18.2 Å². The lowest BCUT2D eigenvalue weighted by Crippen LogP contribution is -2.51. The highest BCUT2D eigenvalue weighted by molar-refractivity contribution is 6.60. The van der Waals surface area contributed by atoms with E-state index in [4.69, 9.17) is 4.74 Å². The number of anilines is 1. The van der Waals surface area contributed by atoms with E-state index in [2.05, 4.69) is 4.90 Å². The maximum absolute atomic E-state index is 12.0. The summed E-state index contributed by atoms with van der Waals surface area (Å²) in [5, 5.41) is 18.9. The van der Waals surface area contributed by atoms with Gasteiger partial charge in [0.2, 0.25) is 0 Å². The van der Waals surface area contributed by atoms with Gasteiger partial charge in [0.15, 0.2) is 0 Å². The van der Waals surface area contributed by atoms with Gasteiger partial charge in [0.25, 0.3) is 0 Å². The fraction of sp³-hybridized carbons (Fsp3) is 0.533.